The maximum Gasteiger partial charge on any atom is 0.196 e. The van der Waals surface area contributed by atoms with Crippen LogP contribution in [0.1, 0.15) is 21.5 Å². The predicted octanol–water partition coefficient (Wildman–Crippen LogP) is 2.78. The van der Waals surface area contributed by atoms with Crippen molar-refractivity contribution in [3.63, 3.8) is 0 Å². The van der Waals surface area contributed by atoms with Crippen LogP contribution in [0.15, 0.2) is 60.9 Å². The Morgan fingerprint density at radius 3 is 2.65 bits per heavy atom. The number of carbonyl (C=O) groups excluding carboxylic acids is 1. The topological polar surface area (TPSA) is 55.1 Å². The minimum atomic E-state index is -0.321. The number of nitrogens with zero attached hydrogens (tertiary/aromatic N) is 2. The normalized spacial score (nSPS) is 10.7. The van der Waals surface area contributed by atoms with Crippen LogP contribution in [0.3, 0.4) is 0 Å². The van der Waals surface area contributed by atoms with E-state index in [4.69, 9.17) is 5.11 Å². The summed E-state index contributed by atoms with van der Waals surface area (Å²) in [5.41, 5.74) is 2.59. The number of ketones is 1. The molecule has 1 N–H and O–H groups in total. The molecule has 0 radical (unpaired) electrons. The van der Waals surface area contributed by atoms with Crippen molar-refractivity contribution in [2.24, 2.45) is 0 Å². The van der Waals surface area contributed by atoms with Gasteiger partial charge >= 0.3 is 0 Å². The third kappa shape index (κ3) is 3.35. The lowest BCUT2D eigenvalue weighted by Crippen LogP contribution is -2.02. The first-order valence-electron chi connectivity index (χ1n) is 7.22. The fraction of sp³-hybridized carbons (Fsp3) is 0.111. The highest BCUT2D eigenvalue weighted by molar-refractivity contribution is 6.08. The Morgan fingerprint density at radius 2 is 1.91 bits per heavy atom. The summed E-state index contributed by atoms with van der Waals surface area (Å²) >= 11 is 0. The maximum absolute atomic E-state index is 13.0. The van der Waals surface area contributed by atoms with Gasteiger partial charge in [0.1, 0.15) is 5.82 Å². The third-order valence-electron chi connectivity index (χ3n) is 3.53. The third-order valence-corrected chi connectivity index (χ3v) is 3.53. The minimum Gasteiger partial charge on any atom is -0.396 e. The van der Waals surface area contributed by atoms with Crippen LogP contribution >= 0.6 is 0 Å². The maximum atomic E-state index is 13.0. The highest BCUT2D eigenvalue weighted by atomic mass is 19.1. The molecule has 3 rings (SSSR count). The number of hydrogen-bond acceptors (Lipinski definition) is 3. The fourth-order valence-corrected chi connectivity index (χ4v) is 2.34. The molecule has 1 heterocycles. The van der Waals surface area contributed by atoms with E-state index in [2.05, 4.69) is 5.10 Å². The van der Waals surface area contributed by atoms with Crippen LogP contribution < -0.4 is 0 Å². The number of halogens is 1. The van der Waals surface area contributed by atoms with Gasteiger partial charge in [0.2, 0.25) is 0 Å². The van der Waals surface area contributed by atoms with Crippen LogP contribution in [0, 0.1) is 5.82 Å². The first-order valence-corrected chi connectivity index (χ1v) is 7.22. The van der Waals surface area contributed by atoms with Crippen molar-refractivity contribution in [2.75, 3.05) is 6.61 Å². The number of hydrogen-bond donors (Lipinski definition) is 1. The van der Waals surface area contributed by atoms with Gasteiger partial charge in [0, 0.05) is 18.4 Å². The van der Waals surface area contributed by atoms with E-state index in [9.17, 15) is 9.18 Å². The monoisotopic (exact) mass is 310 g/mol. The smallest absolute Gasteiger partial charge is 0.196 e. The quantitative estimate of drug-likeness (QED) is 0.737. The molecule has 0 unspecified atom stereocenters. The Bertz CT molecular complexity index is 825. The van der Waals surface area contributed by atoms with Gasteiger partial charge in [-0.3, -0.25) is 4.79 Å². The van der Waals surface area contributed by atoms with Gasteiger partial charge in [-0.25, -0.2) is 9.07 Å². The molecule has 3 aromatic rings. The minimum absolute atomic E-state index is 0.0418. The van der Waals surface area contributed by atoms with Crippen LogP contribution in [0.25, 0.3) is 5.69 Å². The van der Waals surface area contributed by atoms with Crippen LogP contribution in [0.4, 0.5) is 4.39 Å². The van der Waals surface area contributed by atoms with Gasteiger partial charge < -0.3 is 5.11 Å². The van der Waals surface area contributed by atoms with Crippen LogP contribution in [0.5, 0.6) is 0 Å². The van der Waals surface area contributed by atoms with Gasteiger partial charge in [-0.2, -0.15) is 5.10 Å². The number of aliphatic hydroxyl groups excluding tert-OH is 1. The molecular weight excluding hydrogens is 295 g/mol. The Hall–Kier alpha value is -2.79. The summed E-state index contributed by atoms with van der Waals surface area (Å²) in [7, 11) is 0. The summed E-state index contributed by atoms with van der Waals surface area (Å²) in [4.78, 5) is 12.5. The Kier molecular flexibility index (Phi) is 4.30. The molecule has 5 heteroatoms. The second kappa shape index (κ2) is 6.54. The number of rotatable bonds is 5. The summed E-state index contributed by atoms with van der Waals surface area (Å²) in [5.74, 6) is -0.462. The zero-order chi connectivity index (χ0) is 16.2. The van der Waals surface area contributed by atoms with Crippen molar-refractivity contribution in [3.05, 3.63) is 83.4 Å². The zero-order valence-corrected chi connectivity index (χ0v) is 12.3. The lowest BCUT2D eigenvalue weighted by atomic mass is 10.0. The molecule has 0 fully saturated rings. The van der Waals surface area contributed by atoms with Crippen molar-refractivity contribution in [1.82, 2.24) is 9.78 Å². The van der Waals surface area contributed by atoms with E-state index in [1.165, 1.54) is 23.0 Å². The van der Waals surface area contributed by atoms with Crippen LogP contribution in [0.2, 0.25) is 0 Å². The number of carbonyl (C=O) groups is 1. The summed E-state index contributed by atoms with van der Waals surface area (Å²) < 4.78 is 14.5. The van der Waals surface area contributed by atoms with E-state index < -0.39 is 0 Å². The van der Waals surface area contributed by atoms with Crippen LogP contribution in [-0.4, -0.2) is 27.3 Å². The molecule has 4 nitrogen and oxygen atoms in total. The summed E-state index contributed by atoms with van der Waals surface area (Å²) in [5, 5.41) is 13.1. The largest absolute Gasteiger partial charge is 0.396 e. The molecule has 0 amide bonds. The summed E-state index contributed by atoms with van der Waals surface area (Å²) in [6.07, 6.45) is 3.62. The average Bonchev–Trinajstić information content (AvgIpc) is 3.05. The first-order chi connectivity index (χ1) is 11.2. The molecule has 0 atom stereocenters. The molecule has 0 saturated carbocycles. The van der Waals surface area contributed by atoms with Gasteiger partial charge in [-0.1, -0.05) is 18.2 Å². The Balaban J connectivity index is 1.86. The first kappa shape index (κ1) is 15.1. The van der Waals surface area contributed by atoms with E-state index in [1.807, 2.05) is 6.07 Å². The van der Waals surface area contributed by atoms with E-state index >= 15 is 0 Å². The lowest BCUT2D eigenvalue weighted by Gasteiger charge is -2.02. The summed E-state index contributed by atoms with van der Waals surface area (Å²) in [6, 6.07) is 13.1. The molecule has 23 heavy (non-hydrogen) atoms. The number of benzene rings is 2. The summed E-state index contributed by atoms with van der Waals surface area (Å²) in [6.45, 7) is 0.0418. The van der Waals surface area contributed by atoms with E-state index in [-0.39, 0.29) is 18.2 Å². The Labute approximate surface area is 132 Å². The molecule has 0 bridgehead atoms. The predicted molar refractivity (Wildman–Crippen MR) is 84.2 cm³/mol. The fourth-order valence-electron chi connectivity index (χ4n) is 2.34. The van der Waals surface area contributed by atoms with Crippen molar-refractivity contribution in [1.29, 1.82) is 0 Å². The van der Waals surface area contributed by atoms with Gasteiger partial charge in [-0.05, 0) is 42.3 Å². The van der Waals surface area contributed by atoms with Crippen molar-refractivity contribution in [2.45, 2.75) is 6.42 Å². The molecule has 0 aliphatic carbocycles. The molecule has 1 aromatic heterocycles. The van der Waals surface area contributed by atoms with E-state index in [1.54, 1.807) is 36.5 Å². The number of aliphatic hydroxyl groups is 1. The zero-order valence-electron chi connectivity index (χ0n) is 12.3. The molecule has 0 aliphatic heterocycles. The van der Waals surface area contributed by atoms with Gasteiger partial charge in [0.25, 0.3) is 0 Å². The van der Waals surface area contributed by atoms with Gasteiger partial charge in [0.15, 0.2) is 5.78 Å². The van der Waals surface area contributed by atoms with Gasteiger partial charge in [0.05, 0.1) is 17.4 Å². The second-order valence-corrected chi connectivity index (χ2v) is 5.15. The highest BCUT2D eigenvalue weighted by Crippen LogP contribution is 2.14. The van der Waals surface area contributed by atoms with Crippen LogP contribution in [-0.2, 0) is 6.42 Å². The molecule has 0 saturated heterocycles. The molecular formula is C18H15FN2O2. The SMILES string of the molecule is O=C(c1cccc(CCO)c1)c1cnn(-c2ccc(F)cc2)c1. The Morgan fingerprint density at radius 1 is 1.13 bits per heavy atom. The van der Waals surface area contributed by atoms with E-state index in [0.29, 0.717) is 23.2 Å². The lowest BCUT2D eigenvalue weighted by molar-refractivity contribution is 0.103. The second-order valence-electron chi connectivity index (χ2n) is 5.15. The average molecular weight is 310 g/mol. The molecule has 0 aliphatic rings. The molecule has 2 aromatic carbocycles. The standard InChI is InChI=1S/C18H15FN2O2/c19-16-4-6-17(7-5-16)21-12-15(11-20-21)18(23)14-3-1-2-13(10-14)8-9-22/h1-7,10-12,22H,8-9H2. The van der Waals surface area contributed by atoms with E-state index in [0.717, 1.165) is 5.56 Å². The van der Waals surface area contributed by atoms with Crippen molar-refractivity contribution >= 4 is 5.78 Å². The molecule has 0 spiro atoms. The van der Waals surface area contributed by atoms with Crippen molar-refractivity contribution in [3.8, 4) is 5.69 Å². The van der Waals surface area contributed by atoms with Gasteiger partial charge in [-0.15, -0.1) is 0 Å². The number of aromatic nitrogens is 2. The van der Waals surface area contributed by atoms with Crippen molar-refractivity contribution < 1.29 is 14.3 Å². The molecule has 116 valence electrons. The highest BCUT2D eigenvalue weighted by Gasteiger charge is 2.12.